The third kappa shape index (κ3) is 3.37. The summed E-state index contributed by atoms with van der Waals surface area (Å²) in [6.07, 6.45) is 0.839. The van der Waals surface area contributed by atoms with Gasteiger partial charge in [0.25, 0.3) is 0 Å². The Bertz CT molecular complexity index is 368. The van der Waals surface area contributed by atoms with Crippen LogP contribution in [0.25, 0.3) is 0 Å². The molecule has 1 aromatic rings. The van der Waals surface area contributed by atoms with Crippen LogP contribution in [-0.4, -0.2) is 26.9 Å². The molecule has 1 aromatic carbocycles. The van der Waals surface area contributed by atoms with Crippen molar-refractivity contribution in [3.63, 3.8) is 0 Å². The monoisotopic (exact) mass is 253 g/mol. The van der Waals surface area contributed by atoms with Gasteiger partial charge in [-0.1, -0.05) is 6.92 Å². The standard InChI is InChI=1S/C14H23NO3/c1-5-12(18-6-2)14(15)11-9-10(16-3)7-8-13(11)17-4/h7-9,12,14H,5-6,15H2,1-4H3. The summed E-state index contributed by atoms with van der Waals surface area (Å²) in [5.74, 6) is 1.54. The summed E-state index contributed by atoms with van der Waals surface area (Å²) in [5.41, 5.74) is 7.19. The molecule has 0 saturated carbocycles. The van der Waals surface area contributed by atoms with Gasteiger partial charge >= 0.3 is 0 Å². The number of hydrogen-bond donors (Lipinski definition) is 1. The molecule has 2 unspecified atom stereocenters. The van der Waals surface area contributed by atoms with Crippen molar-refractivity contribution < 1.29 is 14.2 Å². The molecule has 0 aliphatic rings. The average molecular weight is 253 g/mol. The molecule has 1 rings (SSSR count). The van der Waals surface area contributed by atoms with Gasteiger partial charge in [-0.2, -0.15) is 0 Å². The first-order chi connectivity index (χ1) is 8.67. The molecular formula is C14H23NO3. The fraction of sp³-hybridized carbons (Fsp3) is 0.571. The summed E-state index contributed by atoms with van der Waals surface area (Å²) in [5, 5.41) is 0. The molecule has 2 atom stereocenters. The van der Waals surface area contributed by atoms with Crippen molar-refractivity contribution in [3.05, 3.63) is 23.8 Å². The van der Waals surface area contributed by atoms with Gasteiger partial charge in [-0.05, 0) is 31.5 Å². The van der Waals surface area contributed by atoms with Crippen LogP contribution >= 0.6 is 0 Å². The van der Waals surface area contributed by atoms with E-state index in [1.54, 1.807) is 14.2 Å². The molecule has 4 nitrogen and oxygen atoms in total. The third-order valence-corrected chi connectivity index (χ3v) is 2.98. The molecule has 102 valence electrons. The van der Waals surface area contributed by atoms with E-state index in [1.165, 1.54) is 0 Å². The van der Waals surface area contributed by atoms with Crippen molar-refractivity contribution in [2.45, 2.75) is 32.4 Å². The molecule has 0 radical (unpaired) electrons. The summed E-state index contributed by atoms with van der Waals surface area (Å²) in [6.45, 7) is 4.68. The van der Waals surface area contributed by atoms with Crippen LogP contribution in [-0.2, 0) is 4.74 Å². The van der Waals surface area contributed by atoms with Gasteiger partial charge < -0.3 is 19.9 Å². The van der Waals surface area contributed by atoms with Gasteiger partial charge in [-0.25, -0.2) is 0 Å². The highest BCUT2D eigenvalue weighted by Gasteiger charge is 2.22. The Balaban J connectivity index is 3.04. The van der Waals surface area contributed by atoms with Crippen molar-refractivity contribution in [3.8, 4) is 11.5 Å². The number of benzene rings is 1. The normalized spacial score (nSPS) is 14.1. The van der Waals surface area contributed by atoms with E-state index >= 15 is 0 Å². The fourth-order valence-corrected chi connectivity index (χ4v) is 1.99. The summed E-state index contributed by atoms with van der Waals surface area (Å²) in [7, 11) is 3.27. The Kier molecular flexibility index (Phi) is 5.95. The van der Waals surface area contributed by atoms with Crippen molar-refractivity contribution in [2.24, 2.45) is 5.73 Å². The Labute approximate surface area is 109 Å². The first-order valence-electron chi connectivity index (χ1n) is 6.26. The molecule has 18 heavy (non-hydrogen) atoms. The minimum atomic E-state index is -0.222. The molecule has 0 heterocycles. The third-order valence-electron chi connectivity index (χ3n) is 2.98. The quantitative estimate of drug-likeness (QED) is 0.811. The van der Waals surface area contributed by atoms with E-state index in [2.05, 4.69) is 6.92 Å². The second kappa shape index (κ2) is 7.24. The molecule has 0 fully saturated rings. The lowest BCUT2D eigenvalue weighted by atomic mass is 9.99. The molecule has 0 saturated heterocycles. The molecule has 0 aromatic heterocycles. The van der Waals surface area contributed by atoms with Gasteiger partial charge in [0.05, 0.1) is 26.4 Å². The van der Waals surface area contributed by atoms with E-state index in [0.717, 1.165) is 23.5 Å². The van der Waals surface area contributed by atoms with E-state index < -0.39 is 0 Å². The lowest BCUT2D eigenvalue weighted by Gasteiger charge is -2.24. The zero-order valence-electron chi connectivity index (χ0n) is 11.6. The van der Waals surface area contributed by atoms with E-state index in [1.807, 2.05) is 25.1 Å². The molecule has 0 spiro atoms. The predicted octanol–water partition coefficient (Wildman–Crippen LogP) is 2.52. The lowest BCUT2D eigenvalue weighted by Crippen LogP contribution is -2.29. The molecule has 0 bridgehead atoms. The van der Waals surface area contributed by atoms with Gasteiger partial charge in [0, 0.05) is 12.2 Å². The van der Waals surface area contributed by atoms with Gasteiger partial charge in [0.15, 0.2) is 0 Å². The number of methoxy groups -OCH3 is 2. The van der Waals surface area contributed by atoms with Gasteiger partial charge in [-0.15, -0.1) is 0 Å². The highest BCUT2D eigenvalue weighted by atomic mass is 16.5. The van der Waals surface area contributed by atoms with Crippen molar-refractivity contribution in [1.82, 2.24) is 0 Å². The van der Waals surface area contributed by atoms with Crippen LogP contribution in [0.1, 0.15) is 31.9 Å². The summed E-state index contributed by atoms with van der Waals surface area (Å²) >= 11 is 0. The second-order valence-electron chi connectivity index (χ2n) is 4.04. The molecule has 0 amide bonds. The maximum Gasteiger partial charge on any atom is 0.123 e. The number of nitrogens with two attached hydrogens (primary N) is 1. The van der Waals surface area contributed by atoms with Crippen LogP contribution in [0.3, 0.4) is 0 Å². The Hall–Kier alpha value is -1.26. The molecule has 0 aliphatic carbocycles. The molecule has 4 heteroatoms. The van der Waals surface area contributed by atoms with Gasteiger partial charge in [-0.3, -0.25) is 0 Å². The van der Waals surface area contributed by atoms with E-state index in [4.69, 9.17) is 19.9 Å². The summed E-state index contributed by atoms with van der Waals surface area (Å²) < 4.78 is 16.2. The van der Waals surface area contributed by atoms with E-state index in [0.29, 0.717) is 6.61 Å². The van der Waals surface area contributed by atoms with Gasteiger partial charge in [0.1, 0.15) is 11.5 Å². The van der Waals surface area contributed by atoms with Crippen molar-refractivity contribution in [2.75, 3.05) is 20.8 Å². The Morgan fingerprint density at radius 3 is 2.39 bits per heavy atom. The number of rotatable bonds is 7. The summed E-state index contributed by atoms with van der Waals surface area (Å²) in [6, 6.07) is 5.41. The fourth-order valence-electron chi connectivity index (χ4n) is 1.99. The number of hydrogen-bond acceptors (Lipinski definition) is 4. The van der Waals surface area contributed by atoms with Crippen molar-refractivity contribution in [1.29, 1.82) is 0 Å². The molecule has 2 N–H and O–H groups in total. The lowest BCUT2D eigenvalue weighted by molar-refractivity contribution is 0.0407. The SMILES string of the molecule is CCOC(CC)C(N)c1cc(OC)ccc1OC. The molecular weight excluding hydrogens is 230 g/mol. The van der Waals surface area contributed by atoms with Gasteiger partial charge in [0.2, 0.25) is 0 Å². The average Bonchev–Trinajstić information content (AvgIpc) is 2.43. The minimum Gasteiger partial charge on any atom is -0.497 e. The second-order valence-corrected chi connectivity index (χ2v) is 4.04. The van der Waals surface area contributed by atoms with Crippen molar-refractivity contribution >= 4 is 0 Å². The van der Waals surface area contributed by atoms with E-state index in [-0.39, 0.29) is 12.1 Å². The Morgan fingerprint density at radius 2 is 1.89 bits per heavy atom. The first kappa shape index (κ1) is 14.8. The smallest absolute Gasteiger partial charge is 0.123 e. The van der Waals surface area contributed by atoms with Crippen LogP contribution in [0.4, 0.5) is 0 Å². The van der Waals surface area contributed by atoms with Crippen LogP contribution in [0, 0.1) is 0 Å². The molecule has 0 aliphatic heterocycles. The van der Waals surface area contributed by atoms with Crippen LogP contribution < -0.4 is 15.2 Å². The topological polar surface area (TPSA) is 53.7 Å². The maximum atomic E-state index is 6.28. The predicted molar refractivity (Wildman–Crippen MR) is 72.2 cm³/mol. The Morgan fingerprint density at radius 1 is 1.17 bits per heavy atom. The zero-order chi connectivity index (χ0) is 13.5. The number of ether oxygens (including phenoxy) is 3. The largest absolute Gasteiger partial charge is 0.497 e. The summed E-state index contributed by atoms with van der Waals surface area (Å²) in [4.78, 5) is 0. The van der Waals surface area contributed by atoms with Crippen LogP contribution in [0.5, 0.6) is 11.5 Å². The highest BCUT2D eigenvalue weighted by molar-refractivity contribution is 5.42. The minimum absolute atomic E-state index is 0.0176. The van der Waals surface area contributed by atoms with Crippen LogP contribution in [0.2, 0.25) is 0 Å². The first-order valence-corrected chi connectivity index (χ1v) is 6.26. The van der Waals surface area contributed by atoms with E-state index in [9.17, 15) is 0 Å². The zero-order valence-corrected chi connectivity index (χ0v) is 11.6. The maximum absolute atomic E-state index is 6.28. The highest BCUT2D eigenvalue weighted by Crippen LogP contribution is 2.31. The van der Waals surface area contributed by atoms with Crippen LogP contribution in [0.15, 0.2) is 18.2 Å².